The minimum absolute atomic E-state index is 0.182. The quantitative estimate of drug-likeness (QED) is 0.874. The molecule has 0 spiro atoms. The Morgan fingerprint density at radius 1 is 1.00 bits per heavy atom. The average molecular weight is 297 g/mol. The van der Waals surface area contributed by atoms with E-state index >= 15 is 0 Å². The van der Waals surface area contributed by atoms with Gasteiger partial charge in [-0.1, -0.05) is 48.5 Å². The third-order valence-corrected chi connectivity index (χ3v) is 4.42. The lowest BCUT2D eigenvalue weighted by atomic mass is 9.70. The largest absolute Gasteiger partial charge is 0.358 e. The molecule has 3 rings (SSSR count). The van der Waals surface area contributed by atoms with Crippen molar-refractivity contribution in [2.45, 2.75) is 18.6 Å². The number of methoxy groups -OCH3 is 1. The van der Waals surface area contributed by atoms with E-state index in [9.17, 15) is 4.79 Å². The lowest BCUT2D eigenvalue weighted by Gasteiger charge is -2.46. The van der Waals surface area contributed by atoms with Crippen molar-refractivity contribution in [3.05, 3.63) is 71.3 Å². The zero-order valence-corrected chi connectivity index (χ0v) is 12.9. The molecule has 0 radical (unpaired) electrons. The van der Waals surface area contributed by atoms with Gasteiger partial charge in [0.15, 0.2) is 6.23 Å². The van der Waals surface area contributed by atoms with Crippen LogP contribution in [0.3, 0.4) is 0 Å². The molecule has 22 heavy (non-hydrogen) atoms. The monoisotopic (exact) mass is 297 g/mol. The first kappa shape index (κ1) is 14.8. The van der Waals surface area contributed by atoms with Crippen LogP contribution in [-0.2, 0) is 15.0 Å². The Balaban J connectivity index is 2.30. The zero-order chi connectivity index (χ0) is 15.7. The Morgan fingerprint density at radius 3 is 2.27 bits per heavy atom. The first-order valence-electron chi connectivity index (χ1n) is 7.20. The van der Waals surface area contributed by atoms with Gasteiger partial charge in [0, 0.05) is 12.7 Å². The summed E-state index contributed by atoms with van der Waals surface area (Å²) in [6.45, 7) is 2.08. The maximum absolute atomic E-state index is 12.7. The molecule has 2 atom stereocenters. The fourth-order valence-electron chi connectivity index (χ4n) is 3.31. The van der Waals surface area contributed by atoms with Crippen molar-refractivity contribution in [3.63, 3.8) is 0 Å². The topological polar surface area (TPSA) is 38.8 Å². The number of carbonyl (C=O) groups excluding carboxylic acids is 1. The summed E-state index contributed by atoms with van der Waals surface area (Å²) in [7, 11) is 3.09. The molecule has 114 valence electrons. The molecule has 0 N–H and O–H groups in total. The first-order valence-corrected chi connectivity index (χ1v) is 7.20. The summed E-state index contributed by atoms with van der Waals surface area (Å²) >= 11 is 0. The van der Waals surface area contributed by atoms with Crippen LogP contribution in [0, 0.1) is 0 Å². The number of nitrogens with zero attached hydrogens (tertiary/aromatic N) is 1. The molecule has 2 aromatic carbocycles. The second kappa shape index (κ2) is 5.55. The molecule has 4 nitrogen and oxygen atoms in total. The van der Waals surface area contributed by atoms with Crippen LogP contribution < -0.4 is 0 Å². The first-order chi connectivity index (χ1) is 10.6. The van der Waals surface area contributed by atoms with Gasteiger partial charge in [0.1, 0.15) is 0 Å². The normalized spacial score (nSPS) is 24.2. The van der Waals surface area contributed by atoms with E-state index in [1.54, 1.807) is 7.11 Å². The molecule has 1 aliphatic rings. The summed E-state index contributed by atoms with van der Waals surface area (Å²) in [6, 6.07) is 17.7. The summed E-state index contributed by atoms with van der Waals surface area (Å²) in [5.41, 5.74) is 2.15. The number of amides is 1. The maximum atomic E-state index is 12.7. The van der Waals surface area contributed by atoms with Gasteiger partial charge in [-0.2, -0.15) is 5.06 Å². The predicted octanol–water partition coefficient (Wildman–Crippen LogP) is 2.98. The highest BCUT2D eigenvalue weighted by atomic mass is 16.7. The van der Waals surface area contributed by atoms with E-state index in [-0.39, 0.29) is 5.91 Å². The van der Waals surface area contributed by atoms with Crippen molar-refractivity contribution in [3.8, 4) is 0 Å². The van der Waals surface area contributed by atoms with Gasteiger partial charge in [-0.05, 0) is 24.1 Å². The fourth-order valence-corrected chi connectivity index (χ4v) is 3.31. The second-order valence-electron chi connectivity index (χ2n) is 5.52. The molecular weight excluding hydrogens is 278 g/mol. The van der Waals surface area contributed by atoms with E-state index < -0.39 is 11.6 Å². The highest BCUT2D eigenvalue weighted by Crippen LogP contribution is 2.43. The van der Waals surface area contributed by atoms with Gasteiger partial charge < -0.3 is 4.74 Å². The van der Waals surface area contributed by atoms with Gasteiger partial charge in [0.25, 0.3) is 5.91 Å². The van der Waals surface area contributed by atoms with E-state index in [1.807, 2.05) is 54.6 Å². The SMILES string of the molecule is CO[C@@H]1N(OC)C(=O)c2ccccc2[C@@]1(C)c1ccccc1. The average Bonchev–Trinajstić information content (AvgIpc) is 2.58. The van der Waals surface area contributed by atoms with Crippen LogP contribution in [0.1, 0.15) is 28.4 Å². The molecule has 0 fully saturated rings. The number of hydrogen-bond donors (Lipinski definition) is 0. The van der Waals surface area contributed by atoms with E-state index in [2.05, 4.69) is 6.92 Å². The van der Waals surface area contributed by atoms with Crippen LogP contribution in [0.4, 0.5) is 0 Å². The summed E-state index contributed by atoms with van der Waals surface area (Å²) < 4.78 is 5.67. The number of carbonyl (C=O) groups is 1. The van der Waals surface area contributed by atoms with Gasteiger partial charge in [0.2, 0.25) is 0 Å². The Morgan fingerprint density at radius 2 is 1.64 bits per heavy atom. The highest BCUT2D eigenvalue weighted by molar-refractivity contribution is 5.97. The van der Waals surface area contributed by atoms with Crippen molar-refractivity contribution in [1.82, 2.24) is 5.06 Å². The van der Waals surface area contributed by atoms with Crippen LogP contribution >= 0.6 is 0 Å². The van der Waals surface area contributed by atoms with Crippen molar-refractivity contribution < 1.29 is 14.4 Å². The van der Waals surface area contributed by atoms with Gasteiger partial charge in [-0.25, -0.2) is 0 Å². The zero-order valence-electron chi connectivity index (χ0n) is 12.9. The smallest absolute Gasteiger partial charge is 0.280 e. The maximum Gasteiger partial charge on any atom is 0.280 e. The molecule has 0 unspecified atom stereocenters. The van der Waals surface area contributed by atoms with E-state index in [1.165, 1.54) is 12.2 Å². The van der Waals surface area contributed by atoms with Crippen molar-refractivity contribution >= 4 is 5.91 Å². The molecular formula is C18H19NO3. The Bertz CT molecular complexity index is 686. The van der Waals surface area contributed by atoms with Crippen molar-refractivity contribution in [2.75, 3.05) is 14.2 Å². The van der Waals surface area contributed by atoms with E-state index in [0.29, 0.717) is 5.56 Å². The van der Waals surface area contributed by atoms with Crippen LogP contribution in [-0.4, -0.2) is 31.4 Å². The molecule has 0 bridgehead atoms. The molecule has 0 aromatic heterocycles. The standard InChI is InChI=1S/C18H19NO3/c1-18(13-9-5-4-6-10-13)15-12-8-7-11-14(15)16(20)19(22-3)17(18)21-2/h4-12,17H,1-3H3/t17-,18+/m0/s1. The number of hydroxylamine groups is 2. The number of hydrogen-bond acceptors (Lipinski definition) is 3. The molecule has 4 heteroatoms. The van der Waals surface area contributed by atoms with E-state index in [0.717, 1.165) is 11.1 Å². The summed E-state index contributed by atoms with van der Waals surface area (Å²) in [5.74, 6) is -0.182. The third kappa shape index (κ3) is 1.95. The summed E-state index contributed by atoms with van der Waals surface area (Å²) in [4.78, 5) is 18.0. The number of ether oxygens (including phenoxy) is 1. The van der Waals surface area contributed by atoms with E-state index in [4.69, 9.17) is 9.57 Å². The molecule has 1 heterocycles. The minimum Gasteiger partial charge on any atom is -0.358 e. The second-order valence-corrected chi connectivity index (χ2v) is 5.52. The number of fused-ring (bicyclic) bond motifs is 1. The molecule has 0 saturated carbocycles. The van der Waals surface area contributed by atoms with Gasteiger partial charge in [0.05, 0.1) is 12.5 Å². The van der Waals surface area contributed by atoms with Gasteiger partial charge >= 0.3 is 0 Å². The van der Waals surface area contributed by atoms with Gasteiger partial charge in [-0.15, -0.1) is 0 Å². The molecule has 1 amide bonds. The Labute approximate surface area is 130 Å². The summed E-state index contributed by atoms with van der Waals surface area (Å²) in [6.07, 6.45) is -0.540. The summed E-state index contributed by atoms with van der Waals surface area (Å²) in [5, 5.41) is 1.31. The Kier molecular flexibility index (Phi) is 3.72. The molecule has 0 aliphatic carbocycles. The van der Waals surface area contributed by atoms with Crippen LogP contribution in [0.25, 0.3) is 0 Å². The van der Waals surface area contributed by atoms with Gasteiger partial charge in [-0.3, -0.25) is 9.63 Å². The lowest BCUT2D eigenvalue weighted by molar-refractivity contribution is -0.214. The van der Waals surface area contributed by atoms with Crippen LogP contribution in [0.5, 0.6) is 0 Å². The molecule has 0 saturated heterocycles. The Hall–Kier alpha value is -2.17. The third-order valence-electron chi connectivity index (χ3n) is 4.42. The minimum atomic E-state index is -0.540. The van der Waals surface area contributed by atoms with Crippen LogP contribution in [0.15, 0.2) is 54.6 Å². The highest BCUT2D eigenvalue weighted by Gasteiger charge is 2.50. The van der Waals surface area contributed by atoms with Crippen molar-refractivity contribution in [1.29, 1.82) is 0 Å². The predicted molar refractivity (Wildman–Crippen MR) is 83.3 cm³/mol. The number of rotatable bonds is 3. The fraction of sp³-hybridized carbons (Fsp3) is 0.278. The number of benzene rings is 2. The molecule has 2 aromatic rings. The molecule has 1 aliphatic heterocycles. The lowest BCUT2D eigenvalue weighted by Crippen LogP contribution is -2.57. The van der Waals surface area contributed by atoms with Crippen molar-refractivity contribution in [2.24, 2.45) is 0 Å². The van der Waals surface area contributed by atoms with Crippen LogP contribution in [0.2, 0.25) is 0 Å².